The summed E-state index contributed by atoms with van der Waals surface area (Å²) in [5, 5.41) is 0. The fourth-order valence-corrected chi connectivity index (χ4v) is 8.06. The van der Waals surface area contributed by atoms with Crippen LogP contribution < -0.4 is 11.2 Å². The summed E-state index contributed by atoms with van der Waals surface area (Å²) in [5.74, 6) is 0.853. The minimum Gasteiger partial charge on any atom is -0.336 e. The highest BCUT2D eigenvalue weighted by atomic mass is 31.2. The summed E-state index contributed by atoms with van der Waals surface area (Å²) in [6.45, 7) is 9.43. The fraction of sp³-hybridized carbons (Fsp3) is 0.800. The topological polar surface area (TPSA) is 108 Å². The van der Waals surface area contributed by atoms with Crippen molar-refractivity contribution in [2.45, 2.75) is 104 Å². The Morgan fingerprint density at radius 2 is 1.49 bits per heavy atom. The van der Waals surface area contributed by atoms with E-state index in [0.29, 0.717) is 43.6 Å². The lowest BCUT2D eigenvalue weighted by Crippen LogP contribution is -2.45. The predicted molar refractivity (Wildman–Crippen MR) is 137 cm³/mol. The third-order valence-electron chi connectivity index (χ3n) is 8.23. The van der Waals surface area contributed by atoms with Crippen LogP contribution in [0.25, 0.3) is 11.2 Å². The molecule has 2 aromatic heterocycles. The summed E-state index contributed by atoms with van der Waals surface area (Å²) in [6, 6.07) is 0. The van der Waals surface area contributed by atoms with Gasteiger partial charge in [-0.15, -0.1) is 0 Å². The van der Waals surface area contributed by atoms with Gasteiger partial charge >= 0.3 is 13.3 Å². The highest BCUT2D eigenvalue weighted by Gasteiger charge is 2.51. The number of nitrogens with zero attached hydrogens (tertiary/aromatic N) is 3. The lowest BCUT2D eigenvalue weighted by Gasteiger charge is -2.53. The largest absolute Gasteiger partial charge is 0.336 e. The molecule has 3 aliphatic rings. The molecule has 3 fully saturated rings. The average molecular weight is 509 g/mol. The minimum absolute atomic E-state index is 0.0978. The summed E-state index contributed by atoms with van der Waals surface area (Å²) >= 11 is 0. The molecule has 0 spiro atoms. The molecule has 1 N–H and O–H groups in total. The Balaban J connectivity index is 1.60. The second-order valence-electron chi connectivity index (χ2n) is 10.4. The quantitative estimate of drug-likeness (QED) is 0.406. The number of H-pyrrole nitrogens is 1. The van der Waals surface area contributed by atoms with E-state index in [1.54, 1.807) is 4.57 Å². The van der Waals surface area contributed by atoms with Crippen LogP contribution in [0.3, 0.4) is 0 Å². The first kappa shape index (κ1) is 26.4. The van der Waals surface area contributed by atoms with Gasteiger partial charge in [-0.25, -0.2) is 9.78 Å². The molecule has 0 saturated heterocycles. The van der Waals surface area contributed by atoms with Crippen LogP contribution in [0.5, 0.6) is 0 Å². The summed E-state index contributed by atoms with van der Waals surface area (Å²) in [5.41, 5.74) is 0.483. The Kier molecular flexibility index (Phi) is 7.79. The van der Waals surface area contributed by atoms with Gasteiger partial charge < -0.3 is 14.0 Å². The van der Waals surface area contributed by atoms with E-state index in [1.807, 2.05) is 27.7 Å². The fourth-order valence-electron chi connectivity index (χ4n) is 6.19. The van der Waals surface area contributed by atoms with Gasteiger partial charge in [-0.05, 0) is 77.0 Å². The van der Waals surface area contributed by atoms with Crippen molar-refractivity contribution in [2.75, 3.05) is 19.4 Å². The molecule has 0 amide bonds. The number of imidazole rings is 1. The molecule has 0 unspecified atom stereocenters. The Hall–Kier alpha value is -1.70. The number of fused-ring (bicyclic) bond motifs is 4. The zero-order valence-corrected chi connectivity index (χ0v) is 22.6. The van der Waals surface area contributed by atoms with Crippen LogP contribution in [0.4, 0.5) is 0 Å². The van der Waals surface area contributed by atoms with Crippen molar-refractivity contribution in [1.29, 1.82) is 0 Å². The molecule has 3 saturated carbocycles. The molecule has 0 aliphatic heterocycles. The van der Waals surface area contributed by atoms with Crippen molar-refractivity contribution < 1.29 is 13.6 Å². The minimum atomic E-state index is -3.04. The zero-order chi connectivity index (χ0) is 25.3. The maximum Gasteiger partial charge on any atom is 0.332 e. The zero-order valence-electron chi connectivity index (χ0n) is 21.7. The molecule has 3 aliphatic carbocycles. The predicted octanol–water partition coefficient (Wildman–Crippen LogP) is 4.95. The maximum absolute atomic E-state index is 13.2. The molecule has 35 heavy (non-hydrogen) atoms. The number of hydrogen-bond donors (Lipinski definition) is 1. The van der Waals surface area contributed by atoms with Crippen molar-refractivity contribution in [3.63, 3.8) is 0 Å². The first-order chi connectivity index (χ1) is 16.8. The molecule has 2 heterocycles. The molecule has 2 aromatic rings. The molecule has 196 valence electrons. The van der Waals surface area contributed by atoms with E-state index < -0.39 is 7.60 Å². The van der Waals surface area contributed by atoms with Gasteiger partial charge in [-0.1, -0.05) is 13.8 Å². The van der Waals surface area contributed by atoms with Crippen LogP contribution in [-0.2, 0) is 32.1 Å². The number of rotatable bonds is 12. The smallest absolute Gasteiger partial charge is 0.332 e. The number of aromatic nitrogens is 4. The molecular weight excluding hydrogens is 467 g/mol. The van der Waals surface area contributed by atoms with Gasteiger partial charge in [0.25, 0.3) is 5.56 Å². The first-order valence-electron chi connectivity index (χ1n) is 13.4. The molecule has 0 radical (unpaired) electrons. The van der Waals surface area contributed by atoms with Crippen LogP contribution >= 0.6 is 7.60 Å². The van der Waals surface area contributed by atoms with Gasteiger partial charge in [-0.2, -0.15) is 0 Å². The van der Waals surface area contributed by atoms with E-state index in [4.69, 9.17) is 14.0 Å². The Morgan fingerprint density at radius 1 is 0.914 bits per heavy atom. The molecule has 0 aromatic carbocycles. The SMILES string of the molecule is CCCn1c(=O)c2[nH]c(C34CCC(CCP(=O)(OCC)OCC)(CC3)CC4)nc2n(CCC)c1=O. The van der Waals surface area contributed by atoms with Gasteiger partial charge in [0.15, 0.2) is 5.65 Å². The molecule has 0 atom stereocenters. The van der Waals surface area contributed by atoms with E-state index in [-0.39, 0.29) is 22.1 Å². The summed E-state index contributed by atoms with van der Waals surface area (Å²) in [6.07, 6.45) is 8.84. The van der Waals surface area contributed by atoms with Crippen LogP contribution in [0.15, 0.2) is 9.59 Å². The second kappa shape index (κ2) is 10.3. The number of aryl methyl sites for hydroxylation is 1. The average Bonchev–Trinajstić information content (AvgIpc) is 3.31. The Bertz CT molecular complexity index is 1180. The maximum atomic E-state index is 13.2. The van der Waals surface area contributed by atoms with Crippen molar-refractivity contribution in [3.8, 4) is 0 Å². The third kappa shape index (κ3) is 4.84. The standard InChI is InChI=1S/C25H41N4O5P/c1-5-16-28-20-19(21(30)29(17-6-2)23(28)31)26-22(27-20)25-12-9-24(10-13-25,11-14-25)15-18-35(32,33-7-3)34-8-4/h5-18H2,1-4H3,(H,26,27). The van der Waals surface area contributed by atoms with Crippen LogP contribution in [0, 0.1) is 5.41 Å². The lowest BCUT2D eigenvalue weighted by molar-refractivity contribution is 0.0319. The highest BCUT2D eigenvalue weighted by molar-refractivity contribution is 7.53. The molecule has 5 rings (SSSR count). The molecule has 2 bridgehead atoms. The van der Waals surface area contributed by atoms with Crippen molar-refractivity contribution in [2.24, 2.45) is 5.41 Å². The van der Waals surface area contributed by atoms with E-state index in [1.165, 1.54) is 4.57 Å². The Labute approximate surface area is 207 Å². The molecule has 10 heteroatoms. The van der Waals surface area contributed by atoms with Crippen LogP contribution in [0.1, 0.15) is 91.3 Å². The van der Waals surface area contributed by atoms with Gasteiger partial charge in [0.2, 0.25) is 0 Å². The highest BCUT2D eigenvalue weighted by Crippen LogP contribution is 2.61. The first-order valence-corrected chi connectivity index (χ1v) is 15.1. The molecule has 9 nitrogen and oxygen atoms in total. The number of hydrogen-bond acceptors (Lipinski definition) is 6. The monoisotopic (exact) mass is 508 g/mol. The van der Waals surface area contributed by atoms with E-state index in [9.17, 15) is 14.2 Å². The summed E-state index contributed by atoms with van der Waals surface area (Å²) < 4.78 is 27.1. The normalized spacial score (nSPS) is 24.5. The second-order valence-corrected chi connectivity index (χ2v) is 12.6. The summed E-state index contributed by atoms with van der Waals surface area (Å²) in [4.78, 5) is 34.5. The van der Waals surface area contributed by atoms with Gasteiger partial charge in [-0.3, -0.25) is 18.5 Å². The van der Waals surface area contributed by atoms with Crippen LogP contribution in [0.2, 0.25) is 0 Å². The van der Waals surface area contributed by atoms with Crippen molar-refractivity contribution >= 4 is 18.8 Å². The van der Waals surface area contributed by atoms with Gasteiger partial charge in [0.05, 0.1) is 19.4 Å². The molecular formula is C25H41N4O5P. The van der Waals surface area contributed by atoms with E-state index in [0.717, 1.165) is 63.6 Å². The summed E-state index contributed by atoms with van der Waals surface area (Å²) in [7, 11) is -3.04. The van der Waals surface area contributed by atoms with Gasteiger partial charge in [0.1, 0.15) is 11.3 Å². The van der Waals surface area contributed by atoms with Crippen molar-refractivity contribution in [1.82, 2.24) is 19.1 Å². The van der Waals surface area contributed by atoms with Crippen molar-refractivity contribution in [3.05, 3.63) is 26.7 Å². The van der Waals surface area contributed by atoms with E-state index >= 15 is 0 Å². The van der Waals surface area contributed by atoms with E-state index in [2.05, 4.69) is 4.98 Å². The number of aromatic amines is 1. The van der Waals surface area contributed by atoms with Gasteiger partial charge in [0, 0.05) is 18.5 Å². The number of nitrogens with one attached hydrogen (secondary N) is 1. The third-order valence-corrected chi connectivity index (χ3v) is 10.3. The van der Waals surface area contributed by atoms with Crippen LogP contribution in [-0.4, -0.2) is 38.5 Å². The Morgan fingerprint density at radius 3 is 2.03 bits per heavy atom. The lowest BCUT2D eigenvalue weighted by atomic mass is 9.53.